The number of H-pyrrole nitrogens is 1. The summed E-state index contributed by atoms with van der Waals surface area (Å²) in [4.78, 5) is 22.8. The van der Waals surface area contributed by atoms with Crippen molar-refractivity contribution in [1.29, 1.82) is 0 Å². The van der Waals surface area contributed by atoms with Crippen molar-refractivity contribution in [2.45, 2.75) is 28.9 Å². The molecular weight excluding hydrogens is 988 g/mol. The molecule has 2 atom stereocenters. The van der Waals surface area contributed by atoms with Crippen LogP contribution in [0.1, 0.15) is 33.3 Å². The molecule has 1 aromatic heterocycles. The Balaban J connectivity index is 0.00000720. The third-order valence-electron chi connectivity index (χ3n) is 7.76. The van der Waals surface area contributed by atoms with Crippen LogP contribution in [-0.4, -0.2) is 91.7 Å². The number of hydrogen-bond donors (Lipinski definition) is 3. The van der Waals surface area contributed by atoms with E-state index in [0.29, 0.717) is 10.7 Å². The molecule has 32 heteroatoms. The zero-order valence-electron chi connectivity index (χ0n) is 32.0. The molecule has 2 unspecified atom stereocenters. The molecule has 1 heterocycles. The van der Waals surface area contributed by atoms with E-state index in [9.17, 15) is 72.2 Å². The number of aromatic nitrogens is 2. The molecule has 3 aromatic carbocycles. The summed E-state index contributed by atoms with van der Waals surface area (Å²) in [7, 11) is -19.7. The number of carbonyl (C=O) groups is 1. The van der Waals surface area contributed by atoms with Crippen LogP contribution >= 0.6 is 0 Å². The molecule has 0 saturated carbocycles. The molecule has 3 N–H and O–H groups in total. The average molecular weight is 1010 g/mol. The van der Waals surface area contributed by atoms with Crippen molar-refractivity contribution in [2.75, 3.05) is 12.4 Å². The maximum Gasteiger partial charge on any atom is 1.00 e. The molecule has 0 spiro atoms. The van der Waals surface area contributed by atoms with Gasteiger partial charge in [0.1, 0.15) is 49.5 Å². The number of phenols is 1. The summed E-state index contributed by atoms with van der Waals surface area (Å²) in [6.45, 7) is 0.217. The first kappa shape index (κ1) is 60.0. The number of benzene rings is 3. The van der Waals surface area contributed by atoms with Crippen LogP contribution < -0.4 is 129 Å². The fourth-order valence-electron chi connectivity index (χ4n) is 5.19. The topological polar surface area (TPSA) is 383 Å². The minimum atomic E-state index is -5.33. The van der Waals surface area contributed by atoms with Gasteiger partial charge in [0.2, 0.25) is 10.4 Å². The Bertz CT molecular complexity index is 2890. The Hall–Kier alpha value is -1.00. The van der Waals surface area contributed by atoms with Gasteiger partial charge in [0, 0.05) is 23.1 Å². The Morgan fingerprint density at radius 1 is 0.869 bits per heavy atom. The number of aliphatic hydroxyl groups is 1. The monoisotopic (exact) mass is 1010 g/mol. The smallest absolute Gasteiger partial charge is 0.744 e. The maximum absolute atomic E-state index is 13.1. The molecule has 4 aromatic rings. The molecule has 0 fully saturated rings. The van der Waals surface area contributed by atoms with Gasteiger partial charge in [0.25, 0.3) is 5.56 Å². The fraction of sp³-hybridized carbons (Fsp3) is 0.172. The van der Waals surface area contributed by atoms with Crippen molar-refractivity contribution in [2.24, 2.45) is 20.5 Å². The number of hydrogen-bond acceptors (Lipinski definition) is 21. The van der Waals surface area contributed by atoms with Crippen molar-refractivity contribution < 1.29 is 207 Å². The Kier molecular flexibility index (Phi) is 23.1. The van der Waals surface area contributed by atoms with E-state index in [1.165, 1.54) is 19.1 Å². The first-order valence-electron chi connectivity index (χ1n) is 15.0. The van der Waals surface area contributed by atoms with Crippen LogP contribution in [0.5, 0.6) is 5.75 Å². The molecule has 1 aliphatic carbocycles. The molecule has 23 nitrogen and oxygen atoms in total. The van der Waals surface area contributed by atoms with Crippen LogP contribution in [-0.2, 0) is 61.7 Å². The number of aromatic carboxylic acids is 1. The summed E-state index contributed by atoms with van der Waals surface area (Å²) < 4.78 is 132. The number of nitrogens with zero attached hydrogens (tertiary/aromatic N) is 5. The number of aryl methyl sites for hydroxylation is 1. The molecule has 0 saturated heterocycles. The normalized spacial score (nSPS) is 15.3. The van der Waals surface area contributed by atoms with Gasteiger partial charge in [-0.25, -0.2) is 38.4 Å². The number of carbonyl (C=O) groups excluding carboxylic acids is 1. The van der Waals surface area contributed by atoms with Crippen LogP contribution in [0, 0.1) is 6.92 Å². The van der Waals surface area contributed by atoms with Gasteiger partial charge in [0.05, 0.1) is 44.4 Å². The second-order valence-corrected chi connectivity index (χ2v) is 17.4. The number of azo groups is 2. The number of phenolic OH excluding ortho intramolecular Hbond substituents is 1. The molecule has 0 aliphatic heterocycles. The summed E-state index contributed by atoms with van der Waals surface area (Å²) in [6, 6.07) is 7.03. The average Bonchev–Trinajstić information content (AvgIpc) is 3.42. The number of aromatic amines is 1. The molecule has 0 amide bonds. The van der Waals surface area contributed by atoms with Crippen molar-refractivity contribution in [3.05, 3.63) is 92.2 Å². The van der Waals surface area contributed by atoms with E-state index in [1.807, 2.05) is 0 Å². The zero-order valence-corrected chi connectivity index (χ0v) is 44.2. The molecule has 61 heavy (non-hydrogen) atoms. The summed E-state index contributed by atoms with van der Waals surface area (Å²) >= 11 is 0. The van der Waals surface area contributed by atoms with Gasteiger partial charge in [0.15, 0.2) is 15.5 Å². The second-order valence-electron chi connectivity index (χ2n) is 11.5. The van der Waals surface area contributed by atoms with Gasteiger partial charge in [-0.15, -0.1) is 5.11 Å². The van der Waals surface area contributed by atoms with E-state index < -0.39 is 114 Å². The Morgan fingerprint density at radius 2 is 1.48 bits per heavy atom. The van der Waals surface area contributed by atoms with E-state index in [2.05, 4.69) is 29.7 Å². The van der Waals surface area contributed by atoms with Crippen molar-refractivity contribution >= 4 is 69.6 Å². The quantitative estimate of drug-likeness (QED) is 0.0484. The summed E-state index contributed by atoms with van der Waals surface area (Å²) in [6.07, 6.45) is -1.10. The maximum atomic E-state index is 13.1. The predicted octanol–water partition coefficient (Wildman–Crippen LogP) is -11.8. The van der Waals surface area contributed by atoms with E-state index >= 15 is 0 Å². The van der Waals surface area contributed by atoms with Crippen LogP contribution in [0.2, 0.25) is 0 Å². The third kappa shape index (κ3) is 14.7. The van der Waals surface area contributed by atoms with Crippen molar-refractivity contribution in [3.63, 3.8) is 0 Å². The van der Waals surface area contributed by atoms with Crippen LogP contribution in [0.15, 0.2) is 94.5 Å². The number of aliphatic hydroxyl groups excluding tert-OH is 1. The molecule has 1 aliphatic rings. The first-order valence-corrected chi connectivity index (χ1v) is 20.8. The number of carboxylic acids is 1. The van der Waals surface area contributed by atoms with Crippen LogP contribution in [0.25, 0.3) is 11.8 Å². The van der Waals surface area contributed by atoms with Gasteiger partial charge in [-0.1, -0.05) is 6.07 Å². The predicted molar refractivity (Wildman–Crippen MR) is 181 cm³/mol. The van der Waals surface area contributed by atoms with Gasteiger partial charge in [-0.3, -0.25) is 14.1 Å². The first-order chi connectivity index (χ1) is 25.9. The molecule has 1 radical (unpaired) electrons. The van der Waals surface area contributed by atoms with Crippen LogP contribution in [0.3, 0.4) is 0 Å². The van der Waals surface area contributed by atoms with E-state index in [-0.39, 0.29) is 163 Å². The van der Waals surface area contributed by atoms with Gasteiger partial charge < -0.3 is 33.8 Å². The molecular formula is C29H22CuN6Na4O17S4. The minimum Gasteiger partial charge on any atom is -0.744 e. The van der Waals surface area contributed by atoms with Crippen molar-refractivity contribution in [3.8, 4) is 11.4 Å². The Morgan fingerprint density at radius 3 is 2.02 bits per heavy atom. The van der Waals surface area contributed by atoms with Gasteiger partial charge >= 0.3 is 118 Å². The van der Waals surface area contributed by atoms with Gasteiger partial charge in [-0.05, 0) is 72.2 Å². The Labute approximate surface area is 445 Å². The third-order valence-corrected chi connectivity index (χ3v) is 11.8. The number of rotatable bonds is 13. The SMILES string of the molecule is Cc1cc(N=NC2C(S(=O)(=O)[O-])=Cc3ccc(N=Nc4c(C(=O)[O-])[nH]n(-c5ccc(S(=O)(=O)[O-])cc5)c4=O)cc3C2O)c(O)cc1S(=O)(=O)CCOS(=O)(=O)[O-].[Cu].[Na+].[Na+].[Na+].[Na+]. The van der Waals surface area contributed by atoms with E-state index in [1.54, 1.807) is 0 Å². The second kappa shape index (κ2) is 23.4. The fourth-order valence-corrected chi connectivity index (χ4v) is 8.16. The number of nitrogens with one attached hydrogen (secondary N) is 1. The van der Waals surface area contributed by atoms with Crippen molar-refractivity contribution in [1.82, 2.24) is 9.78 Å². The minimum absolute atomic E-state index is 0. The molecule has 5 rings (SSSR count). The molecule has 309 valence electrons. The van der Waals surface area contributed by atoms with Crippen LogP contribution in [0.4, 0.5) is 17.1 Å². The van der Waals surface area contributed by atoms with E-state index in [0.717, 1.165) is 42.5 Å². The zero-order chi connectivity index (χ0) is 41.5. The largest absolute Gasteiger partial charge is 1.00 e. The van der Waals surface area contributed by atoms with Gasteiger partial charge in [-0.2, -0.15) is 15.3 Å². The molecule has 0 bridgehead atoms. The summed E-state index contributed by atoms with van der Waals surface area (Å²) in [5.74, 6) is -3.72. The number of fused-ring (bicyclic) bond motifs is 1. The summed E-state index contributed by atoms with van der Waals surface area (Å²) in [5, 5.41) is 50.7. The standard InChI is InChI=1S/C29H26N6O17S4.Cu.4Na/c1-14-10-20(21(36)13-22(14)53(41,42)9-8-52-56(49,50)51)31-32-24-23(55(46,47)48)11-15-2-3-16(12-19(15)27(24)37)30-33-25-26(29(39)40)34-35(28(25)38)17-4-6-18(7-5-17)54(43,44)45;;;;;/h2-7,10-13,24,27,34,36-37H,8-9H2,1H3,(H,39,40)(H,43,44,45)(H,46,47,48)(H,49,50,51);;;;;/q;;4*+1/p-4. The summed E-state index contributed by atoms with van der Waals surface area (Å²) in [5.41, 5.74) is -3.73. The number of aromatic hydroxyl groups is 1. The number of sulfone groups is 1. The number of carboxylic acid groups (broad SMARTS) is 1. The van der Waals surface area contributed by atoms with E-state index in [4.69, 9.17) is 0 Å².